The van der Waals surface area contributed by atoms with Gasteiger partial charge in [0.05, 0.1) is 0 Å². The lowest BCUT2D eigenvalue weighted by atomic mass is 9.98. The van der Waals surface area contributed by atoms with Crippen LogP contribution >= 0.6 is 0 Å². The minimum atomic E-state index is -0.332. The largest absolute Gasteiger partial charge is 0.449 e. The highest BCUT2D eigenvalue weighted by atomic mass is 16.5. The first kappa shape index (κ1) is 16.5. The van der Waals surface area contributed by atoms with Gasteiger partial charge in [-0.05, 0) is 48.7 Å². The molecule has 0 radical (unpaired) electrons. The van der Waals surface area contributed by atoms with Crippen molar-refractivity contribution >= 4 is 6.09 Å². The predicted molar refractivity (Wildman–Crippen MR) is 96.2 cm³/mol. The molecule has 0 saturated carbocycles. The van der Waals surface area contributed by atoms with Crippen molar-refractivity contribution in [2.75, 3.05) is 26.7 Å². The topological polar surface area (TPSA) is 50.4 Å². The van der Waals surface area contributed by atoms with Gasteiger partial charge in [0.1, 0.15) is 6.61 Å². The number of carbonyl (C=O) groups excluding carboxylic acids is 1. The number of amides is 1. The number of fused-ring (bicyclic) bond motifs is 3. The zero-order valence-corrected chi connectivity index (χ0v) is 14.0. The first-order chi connectivity index (χ1) is 11.8. The molecule has 1 aliphatic carbocycles. The standard InChI is InChI=1S/C20H24N2O2/c1-21-12-6-7-13-22-20(23)24-14-19-17-10-4-2-8-15(17)16-9-3-5-11-18(16)19/h2-5,8-11,19,21H,6-7,12-14H2,1H3,(H,22,23). The summed E-state index contributed by atoms with van der Waals surface area (Å²) < 4.78 is 5.48. The predicted octanol–water partition coefficient (Wildman–Crippen LogP) is 3.52. The van der Waals surface area contributed by atoms with Gasteiger partial charge in [-0.15, -0.1) is 0 Å². The molecule has 0 heterocycles. The summed E-state index contributed by atoms with van der Waals surface area (Å²) in [6.45, 7) is 1.99. The maximum absolute atomic E-state index is 11.9. The maximum Gasteiger partial charge on any atom is 0.407 e. The molecule has 1 aliphatic rings. The quantitative estimate of drug-likeness (QED) is 0.766. The van der Waals surface area contributed by atoms with Gasteiger partial charge in [0.15, 0.2) is 0 Å². The Balaban J connectivity index is 1.58. The molecule has 0 fully saturated rings. The van der Waals surface area contributed by atoms with E-state index in [2.05, 4.69) is 47.0 Å². The van der Waals surface area contributed by atoms with Crippen LogP contribution in [0.3, 0.4) is 0 Å². The number of alkyl carbamates (subject to hydrolysis) is 1. The van der Waals surface area contributed by atoms with Crippen LogP contribution in [0.15, 0.2) is 48.5 Å². The van der Waals surface area contributed by atoms with E-state index in [4.69, 9.17) is 4.74 Å². The van der Waals surface area contributed by atoms with Crippen molar-refractivity contribution in [1.29, 1.82) is 0 Å². The fourth-order valence-corrected chi connectivity index (χ4v) is 3.27. The van der Waals surface area contributed by atoms with Crippen molar-refractivity contribution in [3.63, 3.8) is 0 Å². The SMILES string of the molecule is CNCCCCNC(=O)OCC1c2ccccc2-c2ccccc21. The van der Waals surface area contributed by atoms with E-state index in [0.717, 1.165) is 19.4 Å². The number of carbonyl (C=O) groups is 1. The molecule has 2 aromatic carbocycles. The fourth-order valence-electron chi connectivity index (χ4n) is 3.27. The summed E-state index contributed by atoms with van der Waals surface area (Å²) in [7, 11) is 1.93. The van der Waals surface area contributed by atoms with Gasteiger partial charge in [0.25, 0.3) is 0 Å². The highest BCUT2D eigenvalue weighted by Gasteiger charge is 2.28. The molecule has 0 bridgehead atoms. The Morgan fingerprint density at radius 2 is 1.54 bits per heavy atom. The lowest BCUT2D eigenvalue weighted by Gasteiger charge is -2.14. The Kier molecular flexibility index (Phi) is 5.49. The Bertz CT molecular complexity index is 654. The third-order valence-corrected chi connectivity index (χ3v) is 4.47. The molecule has 4 heteroatoms. The van der Waals surface area contributed by atoms with E-state index in [-0.39, 0.29) is 12.0 Å². The number of ether oxygens (including phenoxy) is 1. The van der Waals surface area contributed by atoms with E-state index in [9.17, 15) is 4.79 Å². The van der Waals surface area contributed by atoms with E-state index >= 15 is 0 Å². The maximum atomic E-state index is 11.9. The van der Waals surface area contributed by atoms with Gasteiger partial charge in [0, 0.05) is 12.5 Å². The van der Waals surface area contributed by atoms with Crippen LogP contribution in [0.1, 0.15) is 29.9 Å². The molecule has 1 amide bonds. The first-order valence-electron chi connectivity index (χ1n) is 8.54. The number of nitrogens with one attached hydrogen (secondary N) is 2. The minimum Gasteiger partial charge on any atom is -0.449 e. The van der Waals surface area contributed by atoms with Crippen LogP contribution in [0.2, 0.25) is 0 Å². The van der Waals surface area contributed by atoms with Crippen LogP contribution in [0, 0.1) is 0 Å². The van der Waals surface area contributed by atoms with Crippen molar-refractivity contribution in [1.82, 2.24) is 10.6 Å². The van der Waals surface area contributed by atoms with Crippen LogP contribution in [0.4, 0.5) is 4.79 Å². The molecule has 0 atom stereocenters. The normalized spacial score (nSPS) is 12.5. The molecular formula is C20H24N2O2. The fraction of sp³-hybridized carbons (Fsp3) is 0.350. The minimum absolute atomic E-state index is 0.118. The molecule has 0 saturated heterocycles. The molecule has 0 aromatic heterocycles. The summed E-state index contributed by atoms with van der Waals surface area (Å²) in [6.07, 6.45) is 1.66. The first-order valence-corrected chi connectivity index (χ1v) is 8.54. The average molecular weight is 324 g/mol. The highest BCUT2D eigenvalue weighted by molar-refractivity contribution is 5.79. The molecule has 24 heavy (non-hydrogen) atoms. The van der Waals surface area contributed by atoms with Gasteiger partial charge in [-0.1, -0.05) is 48.5 Å². The lowest BCUT2D eigenvalue weighted by Crippen LogP contribution is -2.27. The third kappa shape index (κ3) is 3.60. The number of benzene rings is 2. The second-order valence-corrected chi connectivity index (χ2v) is 6.06. The van der Waals surface area contributed by atoms with E-state index in [1.165, 1.54) is 22.3 Å². The summed E-state index contributed by atoms with van der Waals surface area (Å²) in [5.41, 5.74) is 4.96. The molecule has 0 unspecified atom stereocenters. The number of rotatable bonds is 7. The number of hydrogen-bond donors (Lipinski definition) is 2. The van der Waals surface area contributed by atoms with E-state index in [1.54, 1.807) is 0 Å². The monoisotopic (exact) mass is 324 g/mol. The van der Waals surface area contributed by atoms with Gasteiger partial charge in [-0.25, -0.2) is 4.79 Å². The lowest BCUT2D eigenvalue weighted by molar-refractivity contribution is 0.143. The molecular weight excluding hydrogens is 300 g/mol. The zero-order valence-electron chi connectivity index (χ0n) is 14.0. The van der Waals surface area contributed by atoms with Crippen LogP contribution in [-0.4, -0.2) is 32.8 Å². The number of hydrogen-bond acceptors (Lipinski definition) is 3. The van der Waals surface area contributed by atoms with Crippen LogP contribution in [-0.2, 0) is 4.74 Å². The Morgan fingerprint density at radius 1 is 0.958 bits per heavy atom. The van der Waals surface area contributed by atoms with Crippen molar-refractivity contribution in [2.45, 2.75) is 18.8 Å². The van der Waals surface area contributed by atoms with Gasteiger partial charge in [-0.2, -0.15) is 0 Å². The summed E-state index contributed by atoms with van der Waals surface area (Å²) >= 11 is 0. The molecule has 126 valence electrons. The zero-order chi connectivity index (χ0) is 16.8. The van der Waals surface area contributed by atoms with Gasteiger partial charge >= 0.3 is 6.09 Å². The molecule has 3 rings (SSSR count). The second kappa shape index (κ2) is 7.97. The Labute approximate surface area is 143 Å². The van der Waals surface area contributed by atoms with Gasteiger partial charge in [0.2, 0.25) is 0 Å². The van der Waals surface area contributed by atoms with Crippen LogP contribution in [0.25, 0.3) is 11.1 Å². The van der Waals surface area contributed by atoms with Crippen molar-refractivity contribution < 1.29 is 9.53 Å². The van der Waals surface area contributed by atoms with Crippen molar-refractivity contribution in [3.8, 4) is 11.1 Å². The smallest absolute Gasteiger partial charge is 0.407 e. The third-order valence-electron chi connectivity index (χ3n) is 4.47. The average Bonchev–Trinajstić information content (AvgIpc) is 2.94. The summed E-state index contributed by atoms with van der Waals surface area (Å²) in [5, 5.41) is 5.92. The molecule has 2 N–H and O–H groups in total. The summed E-state index contributed by atoms with van der Waals surface area (Å²) in [6, 6.07) is 16.7. The van der Waals surface area contributed by atoms with Crippen LogP contribution < -0.4 is 10.6 Å². The molecule has 2 aromatic rings. The molecule has 0 aliphatic heterocycles. The van der Waals surface area contributed by atoms with Gasteiger partial charge < -0.3 is 15.4 Å². The van der Waals surface area contributed by atoms with Crippen molar-refractivity contribution in [3.05, 3.63) is 59.7 Å². The van der Waals surface area contributed by atoms with E-state index in [0.29, 0.717) is 13.2 Å². The second-order valence-electron chi connectivity index (χ2n) is 6.06. The van der Waals surface area contributed by atoms with E-state index in [1.807, 2.05) is 19.2 Å². The molecule has 4 nitrogen and oxygen atoms in total. The summed E-state index contributed by atoms with van der Waals surface area (Å²) in [4.78, 5) is 11.9. The highest BCUT2D eigenvalue weighted by Crippen LogP contribution is 2.44. The van der Waals surface area contributed by atoms with Crippen molar-refractivity contribution in [2.24, 2.45) is 0 Å². The Morgan fingerprint density at radius 3 is 2.17 bits per heavy atom. The summed E-state index contributed by atoms with van der Waals surface area (Å²) in [5.74, 6) is 0.118. The molecule has 0 spiro atoms. The Hall–Kier alpha value is -2.33. The van der Waals surface area contributed by atoms with Gasteiger partial charge in [-0.3, -0.25) is 0 Å². The van der Waals surface area contributed by atoms with Crippen LogP contribution in [0.5, 0.6) is 0 Å². The van der Waals surface area contributed by atoms with E-state index < -0.39 is 0 Å². The number of unbranched alkanes of at least 4 members (excludes halogenated alkanes) is 1.